The van der Waals surface area contributed by atoms with Crippen LogP contribution in [0.5, 0.6) is 0 Å². The summed E-state index contributed by atoms with van der Waals surface area (Å²) in [6, 6.07) is 22.4. The summed E-state index contributed by atoms with van der Waals surface area (Å²) in [5.74, 6) is 0. The van der Waals surface area contributed by atoms with Crippen LogP contribution in [-0.2, 0) is 0 Å². The maximum atomic E-state index is 2.34. The van der Waals surface area contributed by atoms with Gasteiger partial charge < -0.3 is 0 Å². The zero-order valence-electron chi connectivity index (χ0n) is 9.56. The van der Waals surface area contributed by atoms with Gasteiger partial charge in [0.05, 0.1) is 0 Å². The molecule has 0 aliphatic carbocycles. The first-order valence-corrected chi connectivity index (χ1v) is 7.14. The molecule has 0 aliphatic rings. The van der Waals surface area contributed by atoms with E-state index in [1.54, 1.807) is 0 Å². The molecular formula is C15H16Si. The van der Waals surface area contributed by atoms with Crippen molar-refractivity contribution in [2.75, 3.05) is 0 Å². The highest BCUT2D eigenvalue weighted by molar-refractivity contribution is 6.10. The monoisotopic (exact) mass is 224 g/mol. The van der Waals surface area contributed by atoms with Crippen molar-refractivity contribution in [2.45, 2.75) is 6.04 Å². The van der Waals surface area contributed by atoms with Gasteiger partial charge in [0.25, 0.3) is 0 Å². The minimum atomic E-state index is 1.19. The first-order valence-electron chi connectivity index (χ1n) is 5.73. The van der Waals surface area contributed by atoms with Crippen molar-refractivity contribution in [3.05, 3.63) is 77.9 Å². The molecule has 80 valence electrons. The van der Waals surface area contributed by atoms with Crippen molar-refractivity contribution in [1.29, 1.82) is 0 Å². The summed E-state index contributed by atoms with van der Waals surface area (Å²) in [6.45, 7) is 0. The van der Waals surface area contributed by atoms with Gasteiger partial charge >= 0.3 is 0 Å². The smallest absolute Gasteiger partial charge is 0.00759 e. The summed E-state index contributed by atoms with van der Waals surface area (Å²) >= 11 is 0. The molecule has 16 heavy (non-hydrogen) atoms. The molecule has 0 amide bonds. The number of allylic oxidation sites excluding steroid dienone is 1. The van der Waals surface area contributed by atoms with Gasteiger partial charge in [-0.15, -0.1) is 0 Å². The topological polar surface area (TPSA) is 0 Å². The Morgan fingerprint density at radius 2 is 1.25 bits per heavy atom. The maximum Gasteiger partial charge on any atom is 0.00759 e. The van der Waals surface area contributed by atoms with Gasteiger partial charge in [-0.25, -0.2) is 0 Å². The van der Waals surface area contributed by atoms with Crippen LogP contribution in [0.3, 0.4) is 0 Å². The van der Waals surface area contributed by atoms with Gasteiger partial charge in [-0.3, -0.25) is 0 Å². The summed E-state index contributed by atoms with van der Waals surface area (Å²) in [5.41, 5.74) is 3.98. The molecule has 0 atom stereocenters. The normalized spacial score (nSPS) is 10.0. The summed E-state index contributed by atoms with van der Waals surface area (Å²) in [5, 5.41) is 0. The first kappa shape index (κ1) is 10.9. The van der Waals surface area contributed by atoms with E-state index in [1.807, 2.05) is 0 Å². The van der Waals surface area contributed by atoms with Crippen LogP contribution in [-0.4, -0.2) is 10.2 Å². The molecule has 2 aromatic carbocycles. The molecule has 0 aromatic heterocycles. The predicted octanol–water partition coefficient (Wildman–Crippen LogP) is 2.90. The number of hydrogen-bond acceptors (Lipinski definition) is 0. The van der Waals surface area contributed by atoms with Gasteiger partial charge in [0.1, 0.15) is 0 Å². The molecule has 0 radical (unpaired) electrons. The van der Waals surface area contributed by atoms with Crippen LogP contribution >= 0.6 is 0 Å². The maximum absolute atomic E-state index is 2.34. The van der Waals surface area contributed by atoms with E-state index in [9.17, 15) is 0 Å². The second-order valence-electron chi connectivity index (χ2n) is 3.76. The Kier molecular flexibility index (Phi) is 3.73. The molecule has 0 spiro atoms. The lowest BCUT2D eigenvalue weighted by Gasteiger charge is -2.07. The Bertz CT molecular complexity index is 416. The van der Waals surface area contributed by atoms with Gasteiger partial charge in [0, 0.05) is 10.2 Å². The molecule has 0 N–H and O–H groups in total. The second-order valence-corrected chi connectivity index (χ2v) is 4.57. The van der Waals surface area contributed by atoms with Gasteiger partial charge in [-0.2, -0.15) is 0 Å². The SMILES string of the molecule is [SiH3]CC=C(c1ccccc1)c1ccccc1. The van der Waals surface area contributed by atoms with Crippen LogP contribution in [0.15, 0.2) is 66.7 Å². The standard InChI is InChI=1S/C15H16Si/c16-12-11-15(13-7-3-1-4-8-13)14-9-5-2-6-10-14/h1-11H,12H2,16H3. The van der Waals surface area contributed by atoms with Crippen molar-refractivity contribution in [2.24, 2.45) is 0 Å². The highest BCUT2D eigenvalue weighted by Crippen LogP contribution is 2.23. The summed E-state index contributed by atoms with van der Waals surface area (Å²) in [7, 11) is 1.21. The van der Waals surface area contributed by atoms with Gasteiger partial charge in [-0.1, -0.05) is 66.7 Å². The quantitative estimate of drug-likeness (QED) is 0.703. The zero-order valence-corrected chi connectivity index (χ0v) is 11.6. The van der Waals surface area contributed by atoms with Gasteiger partial charge in [-0.05, 0) is 22.7 Å². The van der Waals surface area contributed by atoms with Gasteiger partial charge in [0.15, 0.2) is 0 Å². The Morgan fingerprint density at radius 3 is 1.62 bits per heavy atom. The van der Waals surface area contributed by atoms with Crippen LogP contribution < -0.4 is 0 Å². The molecule has 2 aromatic rings. The van der Waals surface area contributed by atoms with E-state index in [0.29, 0.717) is 0 Å². The number of rotatable bonds is 3. The molecule has 0 nitrogen and oxygen atoms in total. The van der Waals surface area contributed by atoms with Crippen molar-refractivity contribution < 1.29 is 0 Å². The highest BCUT2D eigenvalue weighted by Gasteiger charge is 2.02. The zero-order chi connectivity index (χ0) is 11.2. The molecule has 0 aliphatic heterocycles. The fourth-order valence-corrected chi connectivity index (χ4v) is 2.25. The predicted molar refractivity (Wildman–Crippen MR) is 74.7 cm³/mol. The van der Waals surface area contributed by atoms with Crippen molar-refractivity contribution >= 4 is 15.8 Å². The third-order valence-electron chi connectivity index (χ3n) is 2.58. The Labute approximate surface area is 100 Å². The number of hydrogen-bond donors (Lipinski definition) is 0. The van der Waals surface area contributed by atoms with Crippen LogP contribution in [0.4, 0.5) is 0 Å². The lowest BCUT2D eigenvalue weighted by atomic mass is 9.98. The summed E-state index contributed by atoms with van der Waals surface area (Å²) < 4.78 is 0. The fraction of sp³-hybridized carbons (Fsp3) is 0.0667. The molecule has 1 heteroatoms. The Morgan fingerprint density at radius 1 is 0.812 bits per heavy atom. The summed E-state index contributed by atoms with van der Waals surface area (Å²) in [4.78, 5) is 0. The Hall–Kier alpha value is -1.60. The van der Waals surface area contributed by atoms with Crippen LogP contribution in [0.25, 0.3) is 5.57 Å². The van der Waals surface area contributed by atoms with E-state index in [-0.39, 0.29) is 0 Å². The van der Waals surface area contributed by atoms with Crippen molar-refractivity contribution in [3.8, 4) is 0 Å². The third kappa shape index (κ3) is 2.50. The molecule has 0 saturated carbocycles. The molecule has 0 unspecified atom stereocenters. The van der Waals surface area contributed by atoms with E-state index in [2.05, 4.69) is 66.7 Å². The van der Waals surface area contributed by atoms with Crippen molar-refractivity contribution in [1.82, 2.24) is 0 Å². The van der Waals surface area contributed by atoms with E-state index < -0.39 is 0 Å². The molecule has 0 saturated heterocycles. The first-order chi connectivity index (χ1) is 7.92. The van der Waals surface area contributed by atoms with E-state index in [1.165, 1.54) is 33.0 Å². The number of benzene rings is 2. The molecule has 0 fully saturated rings. The largest absolute Gasteiger partial charge is 0.0796 e. The molecule has 0 heterocycles. The van der Waals surface area contributed by atoms with Gasteiger partial charge in [0.2, 0.25) is 0 Å². The van der Waals surface area contributed by atoms with Crippen LogP contribution in [0.2, 0.25) is 6.04 Å². The van der Waals surface area contributed by atoms with Crippen molar-refractivity contribution in [3.63, 3.8) is 0 Å². The fourth-order valence-electron chi connectivity index (χ4n) is 1.84. The van der Waals surface area contributed by atoms with E-state index >= 15 is 0 Å². The molecule has 0 bridgehead atoms. The third-order valence-corrected chi connectivity index (χ3v) is 2.99. The average Bonchev–Trinajstić information content (AvgIpc) is 2.38. The highest BCUT2D eigenvalue weighted by atomic mass is 28.1. The van der Waals surface area contributed by atoms with E-state index in [0.717, 1.165) is 0 Å². The van der Waals surface area contributed by atoms with E-state index in [4.69, 9.17) is 0 Å². The van der Waals surface area contributed by atoms with Crippen LogP contribution in [0, 0.1) is 0 Å². The van der Waals surface area contributed by atoms with Crippen LogP contribution in [0.1, 0.15) is 11.1 Å². The Balaban J connectivity index is 2.44. The lowest BCUT2D eigenvalue weighted by Crippen LogP contribution is -1.87. The second kappa shape index (κ2) is 5.47. The lowest BCUT2D eigenvalue weighted by molar-refractivity contribution is 1.52. The molecular weight excluding hydrogens is 208 g/mol. The summed E-state index contributed by atoms with van der Waals surface area (Å²) in [6.07, 6.45) is 2.34. The average molecular weight is 224 g/mol. The molecule has 2 rings (SSSR count). The minimum absolute atomic E-state index is 1.19. The minimum Gasteiger partial charge on any atom is -0.0796 e.